The van der Waals surface area contributed by atoms with E-state index in [1.165, 1.54) is 29.3 Å². The molecule has 1 saturated heterocycles. The molecule has 0 bridgehead atoms. The number of likely N-dealkylation sites (tertiary alicyclic amines) is 1. The summed E-state index contributed by atoms with van der Waals surface area (Å²) < 4.78 is 31.3. The summed E-state index contributed by atoms with van der Waals surface area (Å²) in [6.45, 7) is 0.605. The van der Waals surface area contributed by atoms with Crippen molar-refractivity contribution in [2.24, 2.45) is 5.73 Å². The summed E-state index contributed by atoms with van der Waals surface area (Å²) >= 11 is 0. The number of hydrogen-bond acceptors (Lipinski definition) is 4. The van der Waals surface area contributed by atoms with E-state index < -0.39 is 17.4 Å². The number of carbonyl (C=O) groups excluding carboxylic acids is 1. The summed E-state index contributed by atoms with van der Waals surface area (Å²) in [5.41, 5.74) is 5.93. The minimum Gasteiger partial charge on any atom is -0.404 e. The van der Waals surface area contributed by atoms with E-state index in [0.29, 0.717) is 11.3 Å². The van der Waals surface area contributed by atoms with Crippen LogP contribution in [0, 0.1) is 11.2 Å². The summed E-state index contributed by atoms with van der Waals surface area (Å²) in [7, 11) is 0. The molecule has 160 valence electrons. The van der Waals surface area contributed by atoms with Gasteiger partial charge in [-0.15, -0.1) is 0 Å². The van der Waals surface area contributed by atoms with Gasteiger partial charge in [-0.3, -0.25) is 9.78 Å². The molecule has 1 aromatic carbocycles. The highest BCUT2D eigenvalue weighted by Crippen LogP contribution is 2.31. The highest BCUT2D eigenvalue weighted by molar-refractivity contribution is 6.08. The summed E-state index contributed by atoms with van der Waals surface area (Å²) in [5, 5.41) is 8.28. The number of nitrogens with one attached hydrogen (secondary N) is 1. The molecule has 8 heteroatoms. The maximum atomic E-state index is 15.6. The van der Waals surface area contributed by atoms with Crippen molar-refractivity contribution in [2.75, 3.05) is 13.1 Å². The lowest BCUT2D eigenvalue weighted by atomic mass is 9.92. The molecule has 3 N–H and O–H groups in total. The molecule has 0 aliphatic carbocycles. The molecule has 1 amide bonds. The Morgan fingerprint density at radius 1 is 1.26 bits per heavy atom. The Labute approximate surface area is 178 Å². The van der Waals surface area contributed by atoms with E-state index in [2.05, 4.69) is 4.98 Å². The van der Waals surface area contributed by atoms with Gasteiger partial charge in [-0.05, 0) is 24.3 Å². The number of allylic oxidation sites excluding steroid dienone is 1. The number of benzene rings is 1. The molecule has 31 heavy (non-hydrogen) atoms. The van der Waals surface area contributed by atoms with Gasteiger partial charge < -0.3 is 20.6 Å². The van der Waals surface area contributed by atoms with Crippen molar-refractivity contribution >= 4 is 28.6 Å². The fourth-order valence-electron chi connectivity index (χ4n) is 3.97. The second kappa shape index (κ2) is 8.29. The molecular weight excluding hydrogens is 400 g/mol. The lowest BCUT2D eigenvalue weighted by molar-refractivity contribution is 0.0359. The third-order valence-corrected chi connectivity index (χ3v) is 5.79. The van der Waals surface area contributed by atoms with Crippen LogP contribution in [0.2, 0.25) is 0 Å². The molecule has 0 saturated carbocycles. The normalized spacial score (nSPS) is 16.5. The molecule has 1 aliphatic rings. The number of nitrogens with two attached hydrogens (primary N) is 1. The lowest BCUT2D eigenvalue weighted by Crippen LogP contribution is -2.46. The molecule has 1 aliphatic heterocycles. The standard InChI is InChI=1S/C23H23F2N5O/c24-19-4-2-1-3-18(19)22(31)29-9-6-23(25,7-10-29)15-30-8-5-16-11-20(17(12-26)13-27)28-14-21(16)30/h1-5,8,11-14,26H,6-7,9-10,15,27H2/b17-13+,26-12?. The molecule has 0 radical (unpaired) electrons. The summed E-state index contributed by atoms with van der Waals surface area (Å²) in [4.78, 5) is 18.4. The maximum Gasteiger partial charge on any atom is 0.256 e. The Bertz CT molecular complexity index is 1160. The van der Waals surface area contributed by atoms with Crippen LogP contribution in [-0.2, 0) is 6.54 Å². The average Bonchev–Trinajstić information content (AvgIpc) is 3.16. The predicted molar refractivity (Wildman–Crippen MR) is 116 cm³/mol. The predicted octanol–water partition coefficient (Wildman–Crippen LogP) is 3.77. The zero-order valence-electron chi connectivity index (χ0n) is 16.9. The van der Waals surface area contributed by atoms with E-state index in [0.717, 1.165) is 17.1 Å². The number of carbonyl (C=O) groups is 1. The Balaban J connectivity index is 1.47. The van der Waals surface area contributed by atoms with E-state index >= 15 is 4.39 Å². The Kier molecular flexibility index (Phi) is 5.54. The molecule has 3 aromatic rings. The summed E-state index contributed by atoms with van der Waals surface area (Å²) in [6, 6.07) is 9.54. The van der Waals surface area contributed by atoms with Crippen LogP contribution in [0.15, 0.2) is 55.0 Å². The molecule has 0 atom stereocenters. The van der Waals surface area contributed by atoms with Crippen LogP contribution in [0.25, 0.3) is 16.5 Å². The number of nitrogens with zero attached hydrogens (tertiary/aromatic N) is 3. The van der Waals surface area contributed by atoms with Gasteiger partial charge >= 0.3 is 0 Å². The van der Waals surface area contributed by atoms with Gasteiger partial charge in [0.05, 0.1) is 29.5 Å². The van der Waals surface area contributed by atoms with Crippen LogP contribution in [0.1, 0.15) is 28.9 Å². The first-order chi connectivity index (χ1) is 14.9. The van der Waals surface area contributed by atoms with Crippen LogP contribution in [0.4, 0.5) is 8.78 Å². The van der Waals surface area contributed by atoms with Gasteiger partial charge in [0.15, 0.2) is 0 Å². The van der Waals surface area contributed by atoms with Crippen molar-refractivity contribution in [3.8, 4) is 0 Å². The van der Waals surface area contributed by atoms with Crippen LogP contribution in [-0.4, -0.2) is 45.3 Å². The van der Waals surface area contributed by atoms with Crippen molar-refractivity contribution < 1.29 is 13.6 Å². The number of pyridine rings is 1. The first-order valence-corrected chi connectivity index (χ1v) is 10.0. The SMILES string of the molecule is N=C/C(=C\N)c1cc2ccn(CC3(F)CCN(C(=O)c4ccccc4F)CC3)c2cn1. The molecular formula is C23H23F2N5O. The second-order valence-corrected chi connectivity index (χ2v) is 7.76. The second-order valence-electron chi connectivity index (χ2n) is 7.76. The van der Waals surface area contributed by atoms with E-state index in [4.69, 9.17) is 11.1 Å². The minimum absolute atomic E-state index is 0.0166. The first kappa shape index (κ1) is 20.7. The zero-order valence-corrected chi connectivity index (χ0v) is 16.9. The van der Waals surface area contributed by atoms with E-state index in [9.17, 15) is 9.18 Å². The lowest BCUT2D eigenvalue weighted by Gasteiger charge is -2.36. The molecule has 4 rings (SSSR count). The highest BCUT2D eigenvalue weighted by Gasteiger charge is 2.37. The maximum absolute atomic E-state index is 15.6. The third kappa shape index (κ3) is 4.05. The molecule has 2 aromatic heterocycles. The summed E-state index contributed by atoms with van der Waals surface area (Å²) in [5.74, 6) is -0.968. The number of fused-ring (bicyclic) bond motifs is 1. The van der Waals surface area contributed by atoms with E-state index in [1.54, 1.807) is 12.3 Å². The van der Waals surface area contributed by atoms with Gasteiger partial charge in [-0.1, -0.05) is 12.1 Å². The van der Waals surface area contributed by atoms with Gasteiger partial charge in [0.2, 0.25) is 0 Å². The van der Waals surface area contributed by atoms with E-state index in [1.807, 2.05) is 22.9 Å². The molecule has 0 spiro atoms. The number of piperidine rings is 1. The zero-order chi connectivity index (χ0) is 22.0. The fraction of sp³-hybridized carbons (Fsp3) is 0.261. The van der Waals surface area contributed by atoms with Crippen LogP contribution in [0.5, 0.6) is 0 Å². The van der Waals surface area contributed by atoms with Crippen LogP contribution >= 0.6 is 0 Å². The van der Waals surface area contributed by atoms with Crippen molar-refractivity contribution in [3.05, 3.63) is 72.1 Å². The number of alkyl halides is 1. The van der Waals surface area contributed by atoms with Crippen molar-refractivity contribution in [1.29, 1.82) is 5.41 Å². The average molecular weight is 423 g/mol. The number of halogens is 2. The number of hydrogen-bond donors (Lipinski definition) is 2. The first-order valence-electron chi connectivity index (χ1n) is 10.0. The van der Waals surface area contributed by atoms with Crippen LogP contribution in [0.3, 0.4) is 0 Å². The molecule has 3 heterocycles. The molecule has 0 unspecified atom stereocenters. The van der Waals surface area contributed by atoms with Gasteiger partial charge in [-0.25, -0.2) is 8.78 Å². The largest absolute Gasteiger partial charge is 0.404 e. The Morgan fingerprint density at radius 2 is 2.00 bits per heavy atom. The van der Waals surface area contributed by atoms with E-state index in [-0.39, 0.29) is 38.0 Å². The van der Waals surface area contributed by atoms with Gasteiger partial charge in [0, 0.05) is 55.5 Å². The molecule has 1 fully saturated rings. The number of rotatable bonds is 5. The van der Waals surface area contributed by atoms with Crippen LogP contribution < -0.4 is 5.73 Å². The van der Waals surface area contributed by atoms with Crippen molar-refractivity contribution in [1.82, 2.24) is 14.5 Å². The van der Waals surface area contributed by atoms with Gasteiger partial charge in [-0.2, -0.15) is 0 Å². The number of aromatic nitrogens is 2. The third-order valence-electron chi connectivity index (χ3n) is 5.79. The van der Waals surface area contributed by atoms with Crippen molar-refractivity contribution in [3.63, 3.8) is 0 Å². The quantitative estimate of drug-likeness (QED) is 0.613. The topological polar surface area (TPSA) is 88.0 Å². The van der Waals surface area contributed by atoms with Gasteiger partial charge in [0.25, 0.3) is 5.91 Å². The van der Waals surface area contributed by atoms with Crippen molar-refractivity contribution in [2.45, 2.75) is 25.1 Å². The summed E-state index contributed by atoms with van der Waals surface area (Å²) in [6.07, 6.45) is 6.27. The minimum atomic E-state index is -1.48. The smallest absolute Gasteiger partial charge is 0.256 e. The van der Waals surface area contributed by atoms with Gasteiger partial charge in [0.1, 0.15) is 11.5 Å². The number of amides is 1. The fourth-order valence-corrected chi connectivity index (χ4v) is 3.97. The molecule has 6 nitrogen and oxygen atoms in total. The Morgan fingerprint density at radius 3 is 2.68 bits per heavy atom. The monoisotopic (exact) mass is 423 g/mol. The Hall–Kier alpha value is -3.55. The highest BCUT2D eigenvalue weighted by atomic mass is 19.1.